The molecule has 2 aromatic rings. The summed E-state index contributed by atoms with van der Waals surface area (Å²) < 4.78 is 0. The number of thioether (sulfide) groups is 1. The third-order valence-corrected chi connectivity index (χ3v) is 3.76. The van der Waals surface area contributed by atoms with E-state index < -0.39 is 0 Å². The third-order valence-electron chi connectivity index (χ3n) is 3.12. The van der Waals surface area contributed by atoms with Gasteiger partial charge in [-0.05, 0) is 30.4 Å². The molecule has 0 aliphatic carbocycles. The fourth-order valence-corrected chi connectivity index (χ4v) is 2.32. The van der Waals surface area contributed by atoms with Crippen LogP contribution in [-0.4, -0.2) is 17.2 Å². The first-order chi connectivity index (χ1) is 10.2. The molecule has 0 spiro atoms. The molecule has 0 aliphatic heterocycles. The van der Waals surface area contributed by atoms with E-state index in [1.54, 1.807) is 0 Å². The van der Waals surface area contributed by atoms with E-state index >= 15 is 0 Å². The van der Waals surface area contributed by atoms with Gasteiger partial charge in [-0.15, -0.1) is 35.7 Å². The van der Waals surface area contributed by atoms with Gasteiger partial charge >= 0.3 is 0 Å². The van der Waals surface area contributed by atoms with Gasteiger partial charge in [-0.2, -0.15) is 0 Å². The number of aryl methyl sites for hydroxylation is 1. The molecule has 0 fully saturated rings. The summed E-state index contributed by atoms with van der Waals surface area (Å²) in [5, 5.41) is 11.1. The zero-order valence-corrected chi connectivity index (χ0v) is 15.5. The highest BCUT2D eigenvalue weighted by atomic mass is 127. The van der Waals surface area contributed by atoms with Crippen LogP contribution in [0, 0.1) is 5.41 Å². The summed E-state index contributed by atoms with van der Waals surface area (Å²) in [6.07, 6.45) is 3.08. The van der Waals surface area contributed by atoms with Crippen LogP contribution < -0.4 is 5.32 Å². The van der Waals surface area contributed by atoms with Crippen LogP contribution in [-0.2, 0) is 11.2 Å². The summed E-state index contributed by atoms with van der Waals surface area (Å²) in [6.45, 7) is 0. The van der Waals surface area contributed by atoms with Gasteiger partial charge in [0.25, 0.3) is 0 Å². The second-order valence-corrected chi connectivity index (χ2v) is 5.46. The molecule has 0 bridgehead atoms. The van der Waals surface area contributed by atoms with Crippen LogP contribution in [0.4, 0.5) is 5.69 Å². The van der Waals surface area contributed by atoms with Gasteiger partial charge in [-0.25, -0.2) is 0 Å². The minimum absolute atomic E-state index is 0. The summed E-state index contributed by atoms with van der Waals surface area (Å²) in [4.78, 5) is 11.9. The van der Waals surface area contributed by atoms with Gasteiger partial charge in [-0.3, -0.25) is 10.2 Å². The van der Waals surface area contributed by atoms with Crippen LogP contribution in [0.5, 0.6) is 0 Å². The van der Waals surface area contributed by atoms with Crippen molar-refractivity contribution in [2.75, 3.05) is 11.6 Å². The van der Waals surface area contributed by atoms with Crippen LogP contribution in [0.3, 0.4) is 0 Å². The van der Waals surface area contributed by atoms with Crippen molar-refractivity contribution in [2.24, 2.45) is 0 Å². The zero-order chi connectivity index (χ0) is 15.1. The van der Waals surface area contributed by atoms with Gasteiger partial charge < -0.3 is 5.32 Å². The first kappa shape index (κ1) is 18.7. The Kier molecular flexibility index (Phi) is 8.19. The minimum atomic E-state index is 0. The standard InChI is InChI=1S/C17H18N2OS.HI/c1-21-17(18)14-8-10-15(11-9-14)19-16(20)12-7-13-5-3-2-4-6-13;/h2-6,8-11,18H,7,12H2,1H3,(H,19,20);1H. The van der Waals surface area contributed by atoms with E-state index in [1.165, 1.54) is 11.8 Å². The quantitative estimate of drug-likeness (QED) is 0.418. The molecule has 0 atom stereocenters. The number of hydrogen-bond donors (Lipinski definition) is 2. The second kappa shape index (κ2) is 9.63. The van der Waals surface area contributed by atoms with Crippen molar-refractivity contribution in [3.63, 3.8) is 0 Å². The highest BCUT2D eigenvalue weighted by molar-refractivity contribution is 14.0. The van der Waals surface area contributed by atoms with Crippen LogP contribution in [0.15, 0.2) is 54.6 Å². The number of benzene rings is 2. The summed E-state index contributed by atoms with van der Waals surface area (Å²) in [5.74, 6) is 0.00606. The maximum atomic E-state index is 11.9. The zero-order valence-electron chi connectivity index (χ0n) is 12.3. The Morgan fingerprint density at radius 3 is 2.32 bits per heavy atom. The highest BCUT2D eigenvalue weighted by Crippen LogP contribution is 2.14. The van der Waals surface area contributed by atoms with Crippen LogP contribution in [0.2, 0.25) is 0 Å². The molecule has 22 heavy (non-hydrogen) atoms. The molecule has 0 saturated carbocycles. The lowest BCUT2D eigenvalue weighted by Crippen LogP contribution is -2.12. The van der Waals surface area contributed by atoms with Gasteiger partial charge in [-0.1, -0.05) is 42.5 Å². The van der Waals surface area contributed by atoms with Crippen LogP contribution in [0.25, 0.3) is 0 Å². The molecule has 0 heterocycles. The summed E-state index contributed by atoms with van der Waals surface area (Å²) in [6, 6.07) is 17.3. The molecule has 3 nitrogen and oxygen atoms in total. The van der Waals surface area contributed by atoms with Gasteiger partial charge in [0.15, 0.2) is 0 Å². The van der Waals surface area contributed by atoms with Gasteiger partial charge in [0, 0.05) is 17.7 Å². The van der Waals surface area contributed by atoms with Crippen molar-refractivity contribution < 1.29 is 4.79 Å². The molecular weight excluding hydrogens is 407 g/mol. The van der Waals surface area contributed by atoms with Crippen molar-refractivity contribution in [3.8, 4) is 0 Å². The molecule has 5 heteroatoms. The lowest BCUT2D eigenvalue weighted by atomic mass is 10.1. The molecular formula is C17H19IN2OS. The molecule has 0 saturated heterocycles. The molecule has 0 aliphatic rings. The Hall–Kier alpha value is -1.34. The molecule has 2 aromatic carbocycles. The first-order valence-corrected chi connectivity index (χ1v) is 7.98. The molecule has 1 amide bonds. The SMILES string of the molecule is CSC(=N)c1ccc(NC(=O)CCc2ccccc2)cc1.I. The predicted molar refractivity (Wildman–Crippen MR) is 106 cm³/mol. The van der Waals surface area contributed by atoms with Crippen molar-refractivity contribution >= 4 is 52.4 Å². The number of rotatable bonds is 5. The van der Waals surface area contributed by atoms with Gasteiger partial charge in [0.1, 0.15) is 0 Å². The minimum Gasteiger partial charge on any atom is -0.326 e. The van der Waals surface area contributed by atoms with Crippen molar-refractivity contribution in [2.45, 2.75) is 12.8 Å². The van der Waals surface area contributed by atoms with Crippen molar-refractivity contribution in [1.29, 1.82) is 5.41 Å². The Balaban J connectivity index is 0.00000242. The molecule has 2 N–H and O–H groups in total. The van der Waals surface area contributed by atoms with Gasteiger partial charge in [0.2, 0.25) is 5.91 Å². The number of anilines is 1. The summed E-state index contributed by atoms with van der Waals surface area (Å²) in [7, 11) is 0. The van der Waals surface area contributed by atoms with E-state index in [1.807, 2.05) is 60.9 Å². The van der Waals surface area contributed by atoms with Gasteiger partial charge in [0.05, 0.1) is 5.04 Å². The van der Waals surface area contributed by atoms with E-state index in [4.69, 9.17) is 5.41 Å². The molecule has 2 rings (SSSR count). The molecule has 0 radical (unpaired) electrons. The lowest BCUT2D eigenvalue weighted by Gasteiger charge is -2.07. The number of carbonyl (C=O) groups is 1. The molecule has 0 unspecified atom stereocenters. The number of hydrogen-bond acceptors (Lipinski definition) is 3. The number of amides is 1. The average Bonchev–Trinajstić information content (AvgIpc) is 2.54. The Morgan fingerprint density at radius 1 is 1.09 bits per heavy atom. The van der Waals surface area contributed by atoms with Crippen LogP contribution in [0.1, 0.15) is 17.5 Å². The fraction of sp³-hybridized carbons (Fsp3) is 0.176. The van der Waals surface area contributed by atoms with E-state index in [2.05, 4.69) is 5.32 Å². The Morgan fingerprint density at radius 2 is 1.73 bits per heavy atom. The summed E-state index contributed by atoms with van der Waals surface area (Å²) >= 11 is 1.40. The topological polar surface area (TPSA) is 53.0 Å². The van der Waals surface area contributed by atoms with Crippen LogP contribution >= 0.6 is 35.7 Å². The number of carbonyl (C=O) groups excluding carboxylic acids is 1. The second-order valence-electron chi connectivity index (χ2n) is 4.64. The first-order valence-electron chi connectivity index (χ1n) is 6.76. The third kappa shape index (κ3) is 5.81. The maximum absolute atomic E-state index is 11.9. The number of nitrogens with one attached hydrogen (secondary N) is 2. The highest BCUT2D eigenvalue weighted by Gasteiger charge is 2.04. The Bertz CT molecular complexity index is 614. The lowest BCUT2D eigenvalue weighted by molar-refractivity contribution is -0.116. The molecule has 0 aromatic heterocycles. The van der Waals surface area contributed by atoms with Crippen molar-refractivity contribution in [1.82, 2.24) is 0 Å². The maximum Gasteiger partial charge on any atom is 0.224 e. The number of halogens is 1. The monoisotopic (exact) mass is 426 g/mol. The largest absolute Gasteiger partial charge is 0.326 e. The predicted octanol–water partition coefficient (Wildman–Crippen LogP) is 4.56. The average molecular weight is 426 g/mol. The van der Waals surface area contributed by atoms with E-state index in [-0.39, 0.29) is 29.9 Å². The fourth-order valence-electron chi connectivity index (χ4n) is 1.95. The van der Waals surface area contributed by atoms with E-state index in [0.29, 0.717) is 11.5 Å². The Labute approximate surface area is 152 Å². The van der Waals surface area contributed by atoms with E-state index in [9.17, 15) is 4.79 Å². The smallest absolute Gasteiger partial charge is 0.224 e. The van der Waals surface area contributed by atoms with Crippen molar-refractivity contribution in [3.05, 3.63) is 65.7 Å². The summed E-state index contributed by atoms with van der Waals surface area (Å²) in [5.41, 5.74) is 2.80. The van der Waals surface area contributed by atoms with E-state index in [0.717, 1.165) is 23.2 Å². The molecule has 116 valence electrons. The normalized spacial score (nSPS) is 9.68.